The Morgan fingerprint density at radius 1 is 0.222 bits per heavy atom. The van der Waals surface area contributed by atoms with Crippen LogP contribution in [-0.4, -0.2) is 86.8 Å². The van der Waals surface area contributed by atoms with E-state index in [4.69, 9.17) is 0 Å². The van der Waals surface area contributed by atoms with Crippen LogP contribution in [0.25, 0.3) is 0 Å². The summed E-state index contributed by atoms with van der Waals surface area (Å²) in [7, 11) is 0. The molecule has 0 saturated heterocycles. The molecule has 9 heteroatoms. The minimum Gasteiger partial charge on any atom is 0 e. The largest absolute Gasteiger partial charge is 0 e. The molecule has 0 aromatic rings. The molecule has 0 saturated carbocycles. The third-order valence-corrected chi connectivity index (χ3v) is 0. The van der Waals surface area contributed by atoms with Gasteiger partial charge in [-0.2, -0.15) is 0 Å². The summed E-state index contributed by atoms with van der Waals surface area (Å²) in [6.07, 6.45) is 0. The van der Waals surface area contributed by atoms with E-state index in [9.17, 15) is 0 Å². The fraction of sp³-hybridized carbons (Fsp3) is 0. The smallest absolute Gasteiger partial charge is 0 e. The second kappa shape index (κ2) is 78.2. The van der Waals surface area contributed by atoms with Gasteiger partial charge in [0, 0.05) is 155 Å². The second-order valence-corrected chi connectivity index (χ2v) is 0. The molecule has 0 atom stereocenters. The molecule has 0 spiro atoms. The van der Waals surface area contributed by atoms with Crippen molar-refractivity contribution in [2.45, 2.75) is 0 Å². The van der Waals surface area contributed by atoms with Crippen LogP contribution in [0.1, 0.15) is 0 Å². The molecule has 15 radical (unpaired) electrons. The zero-order valence-corrected chi connectivity index (χ0v) is 14.5. The Kier molecular flexibility index (Phi) is 862. The van der Waals surface area contributed by atoms with Crippen LogP contribution in [0.3, 0.4) is 0 Å². The van der Waals surface area contributed by atoms with Crippen LogP contribution in [0.2, 0.25) is 0 Å². The topological polar surface area (TPSA) is 0 Å². The molecule has 0 aliphatic carbocycles. The molecule has 9 heavy (non-hydrogen) atoms. The monoisotopic (exact) mass is 359 g/mol. The quantitative estimate of drug-likeness (QED) is 0.444. The molecule has 0 bridgehead atoms. The molecule has 0 fully saturated rings. The first-order valence-corrected chi connectivity index (χ1v) is 0. The molecule has 0 amide bonds. The Hall–Kier alpha value is 4.74. The van der Waals surface area contributed by atoms with Crippen LogP contribution in [0.5, 0.6) is 0 Å². The number of hydrogen-bond donors (Lipinski definition) is 0. The average molecular weight is 358 g/mol. The molecule has 0 heterocycles. The van der Waals surface area contributed by atoms with Gasteiger partial charge in [0.15, 0.2) is 0 Å². The van der Waals surface area contributed by atoms with Gasteiger partial charge in [0.1, 0.15) is 0 Å². The predicted molar refractivity (Wildman–Crippen MR) is 28.8 cm³/mol. The first-order valence-electron chi connectivity index (χ1n) is 0. The molecule has 0 unspecified atom stereocenters. The van der Waals surface area contributed by atoms with Gasteiger partial charge in [-0.05, 0) is 0 Å². The first kappa shape index (κ1) is 99.3. The van der Waals surface area contributed by atoms with Crippen LogP contribution >= 0.6 is 0 Å². The van der Waals surface area contributed by atoms with Gasteiger partial charge >= 0.3 is 0 Å². The van der Waals surface area contributed by atoms with Gasteiger partial charge in [0.2, 0.25) is 0 Å². The van der Waals surface area contributed by atoms with Crippen molar-refractivity contribution in [3.8, 4) is 0 Å². The fourth-order valence-electron chi connectivity index (χ4n) is 0. The molecule has 0 nitrogen and oxygen atoms in total. The van der Waals surface area contributed by atoms with Gasteiger partial charge in [-0.3, -0.25) is 0 Å². The van der Waals surface area contributed by atoms with E-state index in [-0.39, 0.29) is 155 Å². The fourth-order valence-corrected chi connectivity index (χ4v) is 0. The van der Waals surface area contributed by atoms with Crippen LogP contribution in [-0.2, 0) is 68.3 Å². The van der Waals surface area contributed by atoms with E-state index in [0.29, 0.717) is 0 Å². The van der Waals surface area contributed by atoms with E-state index in [1.807, 2.05) is 0 Å². The number of hydrogen-bond acceptors (Lipinski definition) is 0. The maximum atomic E-state index is 0. The van der Waals surface area contributed by atoms with Gasteiger partial charge in [-0.1, -0.05) is 0 Å². The van der Waals surface area contributed by atoms with E-state index < -0.39 is 0 Å². The molecular formula is Al5Fe4. The zero-order chi connectivity index (χ0) is 0. The summed E-state index contributed by atoms with van der Waals surface area (Å²) in [4.78, 5) is 0. The summed E-state index contributed by atoms with van der Waals surface area (Å²) in [5, 5.41) is 0. The molecule has 0 aromatic heterocycles. The second-order valence-electron chi connectivity index (χ2n) is 0. The minimum atomic E-state index is 0. The average Bonchev–Trinajstić information content (AvgIpc) is 0. The van der Waals surface area contributed by atoms with E-state index in [2.05, 4.69) is 0 Å². The van der Waals surface area contributed by atoms with Crippen molar-refractivity contribution in [2.24, 2.45) is 0 Å². The van der Waals surface area contributed by atoms with Gasteiger partial charge < -0.3 is 0 Å². The van der Waals surface area contributed by atoms with Crippen LogP contribution < -0.4 is 0 Å². The van der Waals surface area contributed by atoms with E-state index >= 15 is 0 Å². The molecule has 0 rings (SSSR count). The standard InChI is InChI=1S/5Al.4Fe. The summed E-state index contributed by atoms with van der Waals surface area (Å²) < 4.78 is 0. The Morgan fingerprint density at radius 2 is 0.222 bits per heavy atom. The van der Waals surface area contributed by atoms with Crippen molar-refractivity contribution >= 4 is 86.8 Å². The summed E-state index contributed by atoms with van der Waals surface area (Å²) in [6, 6.07) is 0. The Balaban J connectivity index is 0. The molecule has 47 valence electrons. The normalized spacial score (nSPS) is 0. The molecular weight excluding hydrogens is 358 g/mol. The van der Waals surface area contributed by atoms with Crippen molar-refractivity contribution in [1.29, 1.82) is 0 Å². The van der Waals surface area contributed by atoms with Crippen molar-refractivity contribution in [3.05, 3.63) is 0 Å². The van der Waals surface area contributed by atoms with Crippen LogP contribution in [0.15, 0.2) is 0 Å². The molecule has 0 aliphatic rings. The maximum Gasteiger partial charge on any atom is 0 e. The SMILES string of the molecule is [Al].[Al].[Al].[Al].[Al].[Fe].[Fe].[Fe].[Fe]. The van der Waals surface area contributed by atoms with Gasteiger partial charge in [0.25, 0.3) is 0 Å². The van der Waals surface area contributed by atoms with E-state index in [1.54, 1.807) is 0 Å². The first-order chi connectivity index (χ1) is 0. The Bertz CT molecular complexity index is 8.92. The molecule has 0 aliphatic heterocycles. The third-order valence-electron chi connectivity index (χ3n) is 0. The third kappa shape index (κ3) is 65.4. The van der Waals surface area contributed by atoms with Gasteiger partial charge in [0.05, 0.1) is 0 Å². The van der Waals surface area contributed by atoms with Crippen molar-refractivity contribution in [3.63, 3.8) is 0 Å². The summed E-state index contributed by atoms with van der Waals surface area (Å²) in [6.45, 7) is 0. The predicted octanol–water partition coefficient (Wildman–Crippen LogP) is -1.91. The summed E-state index contributed by atoms with van der Waals surface area (Å²) in [5.41, 5.74) is 0. The van der Waals surface area contributed by atoms with Crippen molar-refractivity contribution in [1.82, 2.24) is 0 Å². The van der Waals surface area contributed by atoms with E-state index in [0.717, 1.165) is 0 Å². The summed E-state index contributed by atoms with van der Waals surface area (Å²) >= 11 is 0. The number of rotatable bonds is 0. The van der Waals surface area contributed by atoms with Crippen molar-refractivity contribution in [2.75, 3.05) is 0 Å². The molecule has 0 aromatic carbocycles. The Labute approximate surface area is 152 Å². The minimum absolute atomic E-state index is 0. The van der Waals surface area contributed by atoms with Crippen LogP contribution in [0.4, 0.5) is 0 Å². The van der Waals surface area contributed by atoms with Gasteiger partial charge in [-0.15, -0.1) is 0 Å². The summed E-state index contributed by atoms with van der Waals surface area (Å²) in [5.74, 6) is 0. The van der Waals surface area contributed by atoms with Gasteiger partial charge in [-0.25, -0.2) is 0 Å². The van der Waals surface area contributed by atoms with Crippen LogP contribution in [0, 0.1) is 0 Å². The van der Waals surface area contributed by atoms with Crippen molar-refractivity contribution < 1.29 is 68.3 Å². The maximum absolute atomic E-state index is 0. The Morgan fingerprint density at radius 3 is 0.222 bits per heavy atom. The van der Waals surface area contributed by atoms with E-state index in [1.165, 1.54) is 0 Å². The zero-order valence-electron chi connectivity index (χ0n) is 4.30. The molecule has 0 N–H and O–H groups in total.